The topological polar surface area (TPSA) is 131 Å². The number of methoxy groups -OCH3 is 3. The van der Waals surface area contributed by atoms with Crippen molar-refractivity contribution in [1.82, 2.24) is 14.0 Å². The molecule has 9 rings (SSSR count). The number of benzene rings is 4. The van der Waals surface area contributed by atoms with Gasteiger partial charge >= 0.3 is 11.9 Å². The van der Waals surface area contributed by atoms with Crippen LogP contribution in [0.4, 0.5) is 0 Å². The van der Waals surface area contributed by atoms with E-state index in [0.29, 0.717) is 30.2 Å². The lowest BCUT2D eigenvalue weighted by molar-refractivity contribution is -0.205. The first-order chi connectivity index (χ1) is 25.1. The van der Waals surface area contributed by atoms with E-state index in [4.69, 9.17) is 23.7 Å². The lowest BCUT2D eigenvalue weighted by Crippen LogP contribution is -2.60. The lowest BCUT2D eigenvalue weighted by atomic mass is 9.78. The summed E-state index contributed by atoms with van der Waals surface area (Å²) in [5.74, 6) is -1.18. The number of aromatic nitrogens is 2. The number of carbonyl (C=O) groups is 3. The van der Waals surface area contributed by atoms with Crippen molar-refractivity contribution in [1.29, 1.82) is 0 Å². The van der Waals surface area contributed by atoms with Crippen LogP contribution in [0.1, 0.15) is 48.0 Å². The lowest BCUT2D eigenvalue weighted by Gasteiger charge is -2.40. The van der Waals surface area contributed by atoms with Gasteiger partial charge in [-0.2, -0.15) is 0 Å². The van der Waals surface area contributed by atoms with Crippen LogP contribution >= 0.6 is 0 Å². The molecule has 0 radical (unpaired) electrons. The van der Waals surface area contributed by atoms with Crippen LogP contribution in [0.5, 0.6) is 11.5 Å². The number of amides is 1. The standard InChI is InChI=1S/C40H37N3O9/c1-21(44)51-17-16-26-37-42-27-12-8-6-10-23(27)32-33-25(20-41(36(33)45)19-22-14-15-29(48-3)30(18-22)49-4)31-24-11-7-9-13-28(24)43(35(31)34(32)42)39(2,52-37)40(26,47)38(46)50-5/h6-15,18,26,37,47H,16-17,19-20H2,1-5H3/t26-,37+,39-,40-/m0/s1. The van der Waals surface area contributed by atoms with Crippen LogP contribution in [0.25, 0.3) is 43.6 Å². The first kappa shape index (κ1) is 32.3. The van der Waals surface area contributed by atoms with E-state index in [1.54, 1.807) is 21.1 Å². The molecule has 12 nitrogen and oxygen atoms in total. The van der Waals surface area contributed by atoms with Crippen molar-refractivity contribution in [2.24, 2.45) is 5.92 Å². The van der Waals surface area contributed by atoms with Gasteiger partial charge in [0.1, 0.15) is 6.23 Å². The Balaban J connectivity index is 1.37. The van der Waals surface area contributed by atoms with E-state index in [0.717, 1.165) is 54.7 Å². The molecule has 2 aromatic heterocycles. The largest absolute Gasteiger partial charge is 0.493 e. The minimum absolute atomic E-state index is 0.0555. The molecule has 1 fully saturated rings. The fourth-order valence-electron chi connectivity index (χ4n) is 9.23. The van der Waals surface area contributed by atoms with Gasteiger partial charge in [-0.3, -0.25) is 9.59 Å². The Morgan fingerprint density at radius 1 is 0.923 bits per heavy atom. The zero-order chi connectivity index (χ0) is 36.3. The molecule has 4 atom stereocenters. The molecule has 5 heterocycles. The molecule has 0 unspecified atom stereocenters. The summed E-state index contributed by atoms with van der Waals surface area (Å²) in [5, 5.41) is 16.3. The molecule has 3 aliphatic heterocycles. The Morgan fingerprint density at radius 3 is 2.31 bits per heavy atom. The third-order valence-corrected chi connectivity index (χ3v) is 11.4. The Bertz CT molecular complexity index is 2530. The van der Waals surface area contributed by atoms with Crippen LogP contribution in [-0.2, 0) is 42.6 Å². The van der Waals surface area contributed by atoms with Gasteiger partial charge in [-0.25, -0.2) is 4.79 Å². The summed E-state index contributed by atoms with van der Waals surface area (Å²) in [7, 11) is 4.41. The van der Waals surface area contributed by atoms with E-state index in [-0.39, 0.29) is 18.9 Å². The maximum atomic E-state index is 14.8. The quantitative estimate of drug-likeness (QED) is 0.197. The molecular formula is C40H37N3O9. The maximum Gasteiger partial charge on any atom is 0.343 e. The van der Waals surface area contributed by atoms with Gasteiger partial charge in [0.05, 0.1) is 61.5 Å². The zero-order valence-electron chi connectivity index (χ0n) is 29.4. The highest BCUT2D eigenvalue weighted by Crippen LogP contribution is 2.61. The molecule has 266 valence electrons. The van der Waals surface area contributed by atoms with Gasteiger partial charge in [0, 0.05) is 41.6 Å². The second kappa shape index (κ2) is 11.2. The highest BCUT2D eigenvalue weighted by atomic mass is 16.6. The van der Waals surface area contributed by atoms with Crippen molar-refractivity contribution in [2.45, 2.75) is 50.9 Å². The Morgan fingerprint density at radius 2 is 1.62 bits per heavy atom. The average Bonchev–Trinajstić information content (AvgIpc) is 3.81. The highest BCUT2D eigenvalue weighted by Gasteiger charge is 2.71. The van der Waals surface area contributed by atoms with Crippen LogP contribution < -0.4 is 9.47 Å². The normalized spacial score (nSPS) is 23.2. The molecular weight excluding hydrogens is 666 g/mol. The second-order valence-electron chi connectivity index (χ2n) is 13.9. The fraction of sp³-hybridized carbons (Fsp3) is 0.325. The van der Waals surface area contributed by atoms with Gasteiger partial charge in [-0.05, 0) is 48.7 Å². The molecule has 12 heteroatoms. The van der Waals surface area contributed by atoms with Gasteiger partial charge in [-0.1, -0.05) is 42.5 Å². The van der Waals surface area contributed by atoms with Crippen LogP contribution in [0.2, 0.25) is 0 Å². The number of rotatable bonds is 8. The predicted molar refractivity (Wildman–Crippen MR) is 191 cm³/mol. The van der Waals surface area contributed by atoms with Crippen LogP contribution in [0.3, 0.4) is 0 Å². The number of fused-ring (bicyclic) bond motifs is 13. The van der Waals surface area contributed by atoms with Gasteiger partial charge in [0.2, 0.25) is 5.60 Å². The second-order valence-corrected chi connectivity index (χ2v) is 13.9. The number of para-hydroxylation sites is 2. The molecule has 1 saturated heterocycles. The van der Waals surface area contributed by atoms with Crippen molar-refractivity contribution >= 4 is 61.5 Å². The van der Waals surface area contributed by atoms with Gasteiger partial charge < -0.3 is 42.8 Å². The first-order valence-corrected chi connectivity index (χ1v) is 17.2. The molecule has 1 amide bonds. The summed E-state index contributed by atoms with van der Waals surface area (Å²) in [6.07, 6.45) is -0.813. The van der Waals surface area contributed by atoms with Crippen molar-refractivity contribution < 1.29 is 43.2 Å². The van der Waals surface area contributed by atoms with Crippen LogP contribution in [-0.4, -0.2) is 70.5 Å². The SMILES string of the molecule is COC(=O)[C@@]1(O)[C@@H](CCOC(C)=O)[C@H]2O[C@]1(C)n1c3ccccc3c3c4c(c5c6ccccc6n2c5c31)C(=O)N(Cc1ccc(OC)c(OC)c1)C4. The van der Waals surface area contributed by atoms with Crippen molar-refractivity contribution in [3.63, 3.8) is 0 Å². The first-order valence-electron chi connectivity index (χ1n) is 17.2. The van der Waals surface area contributed by atoms with Crippen LogP contribution in [0, 0.1) is 5.92 Å². The number of aliphatic hydroxyl groups is 1. The smallest absolute Gasteiger partial charge is 0.343 e. The summed E-state index contributed by atoms with van der Waals surface area (Å²) in [4.78, 5) is 42.6. The van der Waals surface area contributed by atoms with Gasteiger partial charge in [0.25, 0.3) is 5.91 Å². The predicted octanol–water partition coefficient (Wildman–Crippen LogP) is 5.76. The Labute approximate surface area is 297 Å². The molecule has 0 aliphatic carbocycles. The van der Waals surface area contributed by atoms with Crippen molar-refractivity contribution in [3.8, 4) is 11.5 Å². The Hall–Kier alpha value is -5.59. The number of hydrogen-bond donors (Lipinski definition) is 1. The summed E-state index contributed by atoms with van der Waals surface area (Å²) >= 11 is 0. The summed E-state index contributed by atoms with van der Waals surface area (Å²) in [5.41, 5.74) is 1.47. The minimum atomic E-state index is -2.22. The van der Waals surface area contributed by atoms with Crippen molar-refractivity contribution in [3.05, 3.63) is 83.4 Å². The number of ether oxygens (including phenoxy) is 5. The fourth-order valence-corrected chi connectivity index (χ4v) is 9.23. The van der Waals surface area contributed by atoms with E-state index in [9.17, 15) is 19.5 Å². The van der Waals surface area contributed by atoms with Gasteiger partial charge in [-0.15, -0.1) is 0 Å². The molecule has 6 aromatic rings. The van der Waals surface area contributed by atoms with E-state index < -0.39 is 35.4 Å². The van der Waals surface area contributed by atoms with Gasteiger partial charge in [0.15, 0.2) is 17.2 Å². The monoisotopic (exact) mass is 703 g/mol. The minimum Gasteiger partial charge on any atom is -0.493 e. The summed E-state index contributed by atoms with van der Waals surface area (Å²) in [6, 6.07) is 21.3. The van der Waals surface area contributed by atoms with E-state index in [1.807, 2.05) is 80.8 Å². The molecule has 0 spiro atoms. The number of nitrogens with zero attached hydrogens (tertiary/aromatic N) is 3. The third kappa shape index (κ3) is 3.96. The van der Waals surface area contributed by atoms with E-state index in [2.05, 4.69) is 0 Å². The summed E-state index contributed by atoms with van der Waals surface area (Å²) in [6.45, 7) is 3.64. The summed E-state index contributed by atoms with van der Waals surface area (Å²) < 4.78 is 32.7. The van der Waals surface area contributed by atoms with E-state index in [1.165, 1.54) is 14.0 Å². The number of hydrogen-bond acceptors (Lipinski definition) is 9. The zero-order valence-corrected chi connectivity index (χ0v) is 29.4. The molecule has 3 aliphatic rings. The van der Waals surface area contributed by atoms with E-state index >= 15 is 0 Å². The average molecular weight is 704 g/mol. The molecule has 2 bridgehead atoms. The Kier molecular flexibility index (Phi) is 6.96. The van der Waals surface area contributed by atoms with Crippen molar-refractivity contribution in [2.75, 3.05) is 27.9 Å². The maximum absolute atomic E-state index is 14.8. The number of esters is 2. The molecule has 52 heavy (non-hydrogen) atoms. The molecule has 4 aromatic carbocycles. The molecule has 1 N–H and O–H groups in total. The molecule has 0 saturated carbocycles. The third-order valence-electron chi connectivity index (χ3n) is 11.4. The number of carbonyl (C=O) groups excluding carboxylic acids is 3. The van der Waals surface area contributed by atoms with Crippen LogP contribution in [0.15, 0.2) is 66.7 Å². The highest BCUT2D eigenvalue weighted by molar-refractivity contribution is 6.31.